The molecule has 3 rings (SSSR count). The zero-order chi connectivity index (χ0) is 16.9. The molecule has 0 saturated heterocycles. The number of ether oxygens (including phenoxy) is 1. The lowest BCUT2D eigenvalue weighted by Gasteiger charge is -2.23. The van der Waals surface area contributed by atoms with Gasteiger partial charge in [0, 0.05) is 25.2 Å². The predicted octanol–water partition coefficient (Wildman–Crippen LogP) is 4.07. The SMILES string of the molecule is CC1Oc2ccccc2C=C1/C=C/C(=O)N(C)Cc1ccccc1. The Morgan fingerprint density at radius 3 is 2.62 bits per heavy atom. The van der Waals surface area contributed by atoms with Crippen molar-refractivity contribution >= 4 is 12.0 Å². The standard InChI is InChI=1S/C21H21NO2/c1-16-18(14-19-10-6-7-11-20(19)24-16)12-13-21(23)22(2)15-17-8-4-3-5-9-17/h3-14,16H,15H2,1-2H3/b13-12+. The van der Waals surface area contributed by atoms with Gasteiger partial charge in [0.05, 0.1) is 0 Å². The number of carbonyl (C=O) groups excluding carboxylic acids is 1. The number of nitrogens with zero attached hydrogens (tertiary/aromatic N) is 1. The lowest BCUT2D eigenvalue weighted by Crippen LogP contribution is -2.24. The summed E-state index contributed by atoms with van der Waals surface area (Å²) in [6.07, 6.45) is 5.47. The Morgan fingerprint density at radius 2 is 1.83 bits per heavy atom. The van der Waals surface area contributed by atoms with Crippen molar-refractivity contribution in [2.75, 3.05) is 7.05 Å². The summed E-state index contributed by atoms with van der Waals surface area (Å²) >= 11 is 0. The third kappa shape index (κ3) is 3.74. The first-order valence-electron chi connectivity index (χ1n) is 8.08. The van der Waals surface area contributed by atoms with Crippen molar-refractivity contribution in [3.05, 3.63) is 83.4 Å². The van der Waals surface area contributed by atoms with E-state index in [9.17, 15) is 4.79 Å². The van der Waals surface area contributed by atoms with Crippen LogP contribution < -0.4 is 4.74 Å². The highest BCUT2D eigenvalue weighted by molar-refractivity contribution is 5.88. The third-order valence-corrected chi connectivity index (χ3v) is 4.07. The molecule has 1 unspecified atom stereocenters. The summed E-state index contributed by atoms with van der Waals surface area (Å²) in [6, 6.07) is 17.9. The minimum absolute atomic E-state index is 0.0224. The molecule has 0 fully saturated rings. The number of fused-ring (bicyclic) bond motifs is 1. The molecule has 3 nitrogen and oxygen atoms in total. The molecule has 0 aliphatic carbocycles. The number of hydrogen-bond donors (Lipinski definition) is 0. The van der Waals surface area contributed by atoms with Crippen LogP contribution in [-0.2, 0) is 11.3 Å². The van der Waals surface area contributed by atoms with Crippen LogP contribution >= 0.6 is 0 Å². The number of rotatable bonds is 4. The van der Waals surface area contributed by atoms with Crippen LogP contribution in [0.1, 0.15) is 18.1 Å². The van der Waals surface area contributed by atoms with Crippen LogP contribution in [0.3, 0.4) is 0 Å². The zero-order valence-corrected chi connectivity index (χ0v) is 14.0. The van der Waals surface area contributed by atoms with Crippen molar-refractivity contribution in [2.45, 2.75) is 19.6 Å². The summed E-state index contributed by atoms with van der Waals surface area (Å²) < 4.78 is 5.89. The van der Waals surface area contributed by atoms with Gasteiger partial charge in [-0.25, -0.2) is 0 Å². The number of para-hydroxylation sites is 1. The maximum atomic E-state index is 12.3. The first kappa shape index (κ1) is 16.1. The molecule has 2 aromatic rings. The fraction of sp³-hybridized carbons (Fsp3) is 0.190. The van der Waals surface area contributed by atoms with Gasteiger partial charge >= 0.3 is 0 Å². The molecule has 0 spiro atoms. The van der Waals surface area contributed by atoms with Crippen molar-refractivity contribution in [3.63, 3.8) is 0 Å². The van der Waals surface area contributed by atoms with Gasteiger partial charge in [-0.1, -0.05) is 48.5 Å². The molecule has 0 radical (unpaired) electrons. The van der Waals surface area contributed by atoms with E-state index in [4.69, 9.17) is 4.74 Å². The number of likely N-dealkylation sites (N-methyl/N-ethyl adjacent to an activating group) is 1. The van der Waals surface area contributed by atoms with Crippen LogP contribution in [0.15, 0.2) is 72.3 Å². The fourth-order valence-corrected chi connectivity index (χ4v) is 2.68. The molecule has 24 heavy (non-hydrogen) atoms. The molecule has 1 aliphatic heterocycles. The van der Waals surface area contributed by atoms with Crippen LogP contribution in [0.4, 0.5) is 0 Å². The van der Waals surface area contributed by atoms with Crippen molar-refractivity contribution in [2.24, 2.45) is 0 Å². The van der Waals surface area contributed by atoms with E-state index in [0.29, 0.717) is 6.54 Å². The van der Waals surface area contributed by atoms with Gasteiger partial charge < -0.3 is 9.64 Å². The normalized spacial score (nSPS) is 16.2. The average molecular weight is 319 g/mol. The number of hydrogen-bond acceptors (Lipinski definition) is 2. The fourth-order valence-electron chi connectivity index (χ4n) is 2.68. The Morgan fingerprint density at radius 1 is 1.12 bits per heavy atom. The predicted molar refractivity (Wildman–Crippen MR) is 96.6 cm³/mol. The summed E-state index contributed by atoms with van der Waals surface area (Å²) in [7, 11) is 1.81. The van der Waals surface area contributed by atoms with E-state index in [0.717, 1.165) is 22.4 Å². The summed E-state index contributed by atoms with van der Waals surface area (Å²) in [6.45, 7) is 2.59. The molecular weight excluding hydrogens is 298 g/mol. The van der Waals surface area contributed by atoms with Crippen molar-refractivity contribution < 1.29 is 9.53 Å². The number of benzene rings is 2. The first-order valence-corrected chi connectivity index (χ1v) is 8.08. The maximum absolute atomic E-state index is 12.3. The Balaban J connectivity index is 1.69. The van der Waals surface area contributed by atoms with Crippen LogP contribution in [0, 0.1) is 0 Å². The van der Waals surface area contributed by atoms with Gasteiger partial charge in [-0.15, -0.1) is 0 Å². The second kappa shape index (κ2) is 7.18. The largest absolute Gasteiger partial charge is 0.485 e. The number of carbonyl (C=O) groups is 1. The molecule has 0 N–H and O–H groups in total. The van der Waals surface area contributed by atoms with Crippen LogP contribution in [0.5, 0.6) is 5.75 Å². The topological polar surface area (TPSA) is 29.5 Å². The minimum atomic E-state index is -0.0663. The van der Waals surface area contributed by atoms with E-state index in [2.05, 4.69) is 6.08 Å². The molecule has 1 aliphatic rings. The minimum Gasteiger partial charge on any atom is -0.485 e. The zero-order valence-electron chi connectivity index (χ0n) is 14.0. The van der Waals surface area contributed by atoms with Gasteiger partial charge in [-0.3, -0.25) is 4.79 Å². The van der Waals surface area contributed by atoms with Gasteiger partial charge in [-0.05, 0) is 36.3 Å². The second-order valence-corrected chi connectivity index (χ2v) is 5.96. The Kier molecular flexibility index (Phi) is 4.80. The highest BCUT2D eigenvalue weighted by atomic mass is 16.5. The Bertz CT molecular complexity index is 777. The third-order valence-electron chi connectivity index (χ3n) is 4.07. The van der Waals surface area contributed by atoms with Crippen molar-refractivity contribution in [3.8, 4) is 5.75 Å². The summed E-state index contributed by atoms with van der Waals surface area (Å²) in [4.78, 5) is 14.0. The molecular formula is C21H21NO2. The quantitative estimate of drug-likeness (QED) is 0.795. The van der Waals surface area contributed by atoms with Crippen LogP contribution in [0.2, 0.25) is 0 Å². The smallest absolute Gasteiger partial charge is 0.246 e. The molecule has 0 bridgehead atoms. The lowest BCUT2D eigenvalue weighted by atomic mass is 10.0. The van der Waals surface area contributed by atoms with Gasteiger partial charge in [-0.2, -0.15) is 0 Å². The Labute approximate surface area is 142 Å². The van der Waals surface area contributed by atoms with E-state index in [1.165, 1.54) is 0 Å². The number of amides is 1. The van der Waals surface area contributed by atoms with Crippen LogP contribution in [-0.4, -0.2) is 24.0 Å². The lowest BCUT2D eigenvalue weighted by molar-refractivity contribution is -0.125. The molecule has 3 heteroatoms. The van der Waals surface area contributed by atoms with E-state index >= 15 is 0 Å². The average Bonchev–Trinajstić information content (AvgIpc) is 2.60. The highest BCUT2D eigenvalue weighted by Crippen LogP contribution is 2.29. The molecule has 0 saturated carbocycles. The molecule has 122 valence electrons. The van der Waals surface area contributed by atoms with Gasteiger partial charge in [0.15, 0.2) is 0 Å². The van der Waals surface area contributed by atoms with E-state index < -0.39 is 0 Å². The van der Waals surface area contributed by atoms with E-state index in [-0.39, 0.29) is 12.0 Å². The van der Waals surface area contributed by atoms with E-state index in [1.807, 2.05) is 74.6 Å². The van der Waals surface area contributed by atoms with Gasteiger partial charge in [0.1, 0.15) is 11.9 Å². The van der Waals surface area contributed by atoms with Crippen LogP contribution in [0.25, 0.3) is 6.08 Å². The Hall–Kier alpha value is -2.81. The first-order chi connectivity index (χ1) is 11.6. The monoisotopic (exact) mass is 319 g/mol. The van der Waals surface area contributed by atoms with Gasteiger partial charge in [0.2, 0.25) is 5.91 Å². The second-order valence-electron chi connectivity index (χ2n) is 5.96. The molecule has 1 amide bonds. The summed E-state index contributed by atoms with van der Waals surface area (Å²) in [5, 5.41) is 0. The van der Waals surface area contributed by atoms with Crippen molar-refractivity contribution in [1.82, 2.24) is 4.90 Å². The molecule has 1 heterocycles. The molecule has 2 aromatic carbocycles. The molecule has 0 aromatic heterocycles. The maximum Gasteiger partial charge on any atom is 0.246 e. The van der Waals surface area contributed by atoms with Gasteiger partial charge in [0.25, 0.3) is 0 Å². The van der Waals surface area contributed by atoms with E-state index in [1.54, 1.807) is 11.0 Å². The van der Waals surface area contributed by atoms with Crippen molar-refractivity contribution in [1.29, 1.82) is 0 Å². The molecule has 1 atom stereocenters. The highest BCUT2D eigenvalue weighted by Gasteiger charge is 2.16. The summed E-state index contributed by atoms with van der Waals surface area (Å²) in [5.74, 6) is 0.862. The summed E-state index contributed by atoms with van der Waals surface area (Å²) in [5.41, 5.74) is 3.15.